The van der Waals surface area contributed by atoms with Crippen LogP contribution >= 0.6 is 0 Å². The Bertz CT molecular complexity index is 1170. The predicted molar refractivity (Wildman–Crippen MR) is 142 cm³/mol. The number of imide groups is 1. The lowest BCUT2D eigenvalue weighted by molar-refractivity contribution is -0.154. The third-order valence-electron chi connectivity index (χ3n) is 7.41. The molecule has 2 N–H and O–H groups in total. The maximum Gasteiger partial charge on any atom is 0.327 e. The number of amides is 4. The Morgan fingerprint density at radius 1 is 1.03 bits per heavy atom. The normalized spacial score (nSPS) is 24.4. The van der Waals surface area contributed by atoms with E-state index in [0.29, 0.717) is 6.54 Å². The van der Waals surface area contributed by atoms with Gasteiger partial charge in [0.25, 0.3) is 0 Å². The third kappa shape index (κ3) is 5.15. The predicted octanol–water partition coefficient (Wildman–Crippen LogP) is 2.35. The maximum atomic E-state index is 14.0. The molecule has 4 rings (SSSR count). The van der Waals surface area contributed by atoms with Crippen LogP contribution in [-0.2, 0) is 32.1 Å². The summed E-state index contributed by atoms with van der Waals surface area (Å²) in [7, 11) is 1.29. The van der Waals surface area contributed by atoms with Crippen LogP contribution in [0.15, 0.2) is 60.7 Å². The molecule has 2 saturated heterocycles. The van der Waals surface area contributed by atoms with Gasteiger partial charge in [-0.3, -0.25) is 24.6 Å². The van der Waals surface area contributed by atoms with E-state index in [9.17, 15) is 19.2 Å². The Kier molecular flexibility index (Phi) is 8.16. The molecule has 0 bridgehead atoms. The van der Waals surface area contributed by atoms with Crippen LogP contribution in [0.5, 0.6) is 0 Å². The quantitative estimate of drug-likeness (QED) is 0.388. The number of nitrogens with one attached hydrogen (secondary N) is 2. The highest BCUT2D eigenvalue weighted by Crippen LogP contribution is 2.45. The van der Waals surface area contributed by atoms with Crippen molar-refractivity contribution in [3.05, 3.63) is 71.8 Å². The molecule has 0 spiro atoms. The molecule has 2 aliphatic heterocycles. The zero-order valence-corrected chi connectivity index (χ0v) is 22.3. The number of hydrogen-bond donors (Lipinski definition) is 2. The number of benzene rings is 2. The molecule has 9 nitrogen and oxygen atoms in total. The number of carbonyl (C=O) groups is 4. The number of likely N-dealkylation sites (N-methyl/N-ethyl adjacent to an activating group) is 1. The fraction of sp³-hybridized carbons (Fsp3) is 0.448. The Morgan fingerprint density at radius 3 is 2.18 bits per heavy atom. The van der Waals surface area contributed by atoms with E-state index < -0.39 is 35.3 Å². The Morgan fingerprint density at radius 2 is 1.63 bits per heavy atom. The molecule has 0 unspecified atom stereocenters. The number of urea groups is 1. The van der Waals surface area contributed by atoms with Gasteiger partial charge < -0.3 is 15.0 Å². The van der Waals surface area contributed by atoms with Gasteiger partial charge in [-0.15, -0.1) is 0 Å². The number of nitrogens with zero attached hydrogens (tertiary/aromatic N) is 2. The van der Waals surface area contributed by atoms with Gasteiger partial charge in [0, 0.05) is 31.6 Å². The van der Waals surface area contributed by atoms with Gasteiger partial charge in [0.05, 0.1) is 25.5 Å². The first-order chi connectivity index (χ1) is 18.2. The van der Waals surface area contributed by atoms with Gasteiger partial charge in [0.2, 0.25) is 11.8 Å². The second-order valence-corrected chi connectivity index (χ2v) is 10.3. The number of ether oxygens (including phenoxy) is 1. The highest BCUT2D eigenvalue weighted by atomic mass is 16.5. The minimum absolute atomic E-state index is 0.0656. The monoisotopic (exact) mass is 520 g/mol. The number of likely N-dealkylation sites (tertiary alicyclic amines) is 1. The number of fused-ring (bicyclic) bond motifs is 1. The molecule has 2 aromatic rings. The fourth-order valence-electron chi connectivity index (χ4n) is 5.72. The van der Waals surface area contributed by atoms with Crippen molar-refractivity contribution in [3.8, 4) is 0 Å². The molecular formula is C29H36N4O5. The molecule has 0 saturated carbocycles. The summed E-state index contributed by atoms with van der Waals surface area (Å²) < 4.78 is 5.26. The molecule has 2 aromatic carbocycles. The average molecular weight is 521 g/mol. The molecular weight excluding hydrogens is 484 g/mol. The molecule has 4 atom stereocenters. The third-order valence-corrected chi connectivity index (χ3v) is 7.41. The van der Waals surface area contributed by atoms with Crippen molar-refractivity contribution < 1.29 is 23.9 Å². The number of rotatable bonds is 9. The van der Waals surface area contributed by atoms with Crippen LogP contribution in [0.2, 0.25) is 0 Å². The molecule has 4 amide bonds. The lowest BCUT2D eigenvalue weighted by Crippen LogP contribution is -2.60. The second kappa shape index (κ2) is 11.3. The standard InChI is InChI=1S/C29H36N4O5/c1-5-32(28(37)30-19(2)3)18-22-23-24(26(35)33(25(23)34)17-21-14-10-7-11-15-21)29(31-22,27(36)38-4)16-20-12-8-6-9-13-20/h6-15,19,22-24,31H,5,16-18H2,1-4H3,(H,30,37)/t22-,23+,24-,29-/m1/s1. The minimum atomic E-state index is -1.46. The molecule has 2 heterocycles. The van der Waals surface area contributed by atoms with E-state index in [2.05, 4.69) is 10.6 Å². The zero-order chi connectivity index (χ0) is 27.4. The fourth-order valence-corrected chi connectivity index (χ4v) is 5.72. The summed E-state index contributed by atoms with van der Waals surface area (Å²) >= 11 is 0. The largest absolute Gasteiger partial charge is 0.468 e. The highest BCUT2D eigenvalue weighted by Gasteiger charge is 2.68. The van der Waals surface area contributed by atoms with Gasteiger partial charge in [0.15, 0.2) is 0 Å². The summed E-state index contributed by atoms with van der Waals surface area (Å²) in [6, 6.07) is 17.7. The van der Waals surface area contributed by atoms with Crippen molar-refractivity contribution in [1.29, 1.82) is 0 Å². The van der Waals surface area contributed by atoms with Gasteiger partial charge in [-0.2, -0.15) is 0 Å². The number of carbonyl (C=O) groups excluding carboxylic acids is 4. The summed E-state index contributed by atoms with van der Waals surface area (Å²) in [5.41, 5.74) is 0.186. The van der Waals surface area contributed by atoms with E-state index >= 15 is 0 Å². The van der Waals surface area contributed by atoms with Gasteiger partial charge in [0.1, 0.15) is 5.54 Å². The van der Waals surface area contributed by atoms with Crippen LogP contribution < -0.4 is 10.6 Å². The molecule has 38 heavy (non-hydrogen) atoms. The van der Waals surface area contributed by atoms with Crippen LogP contribution in [0.25, 0.3) is 0 Å². The molecule has 202 valence electrons. The summed E-state index contributed by atoms with van der Waals surface area (Å²) in [5, 5.41) is 6.25. The van der Waals surface area contributed by atoms with Crippen LogP contribution in [0.3, 0.4) is 0 Å². The number of esters is 1. The summed E-state index contributed by atoms with van der Waals surface area (Å²) in [6.45, 7) is 6.27. The molecule has 0 aliphatic carbocycles. The van der Waals surface area contributed by atoms with E-state index in [1.165, 1.54) is 12.0 Å². The Labute approximate surface area is 223 Å². The van der Waals surface area contributed by atoms with E-state index in [1.54, 1.807) is 4.90 Å². The first-order valence-electron chi connectivity index (χ1n) is 13.1. The minimum Gasteiger partial charge on any atom is -0.468 e. The average Bonchev–Trinajstić information content (AvgIpc) is 3.36. The molecule has 2 aliphatic rings. The lowest BCUT2D eigenvalue weighted by Gasteiger charge is -2.33. The zero-order valence-electron chi connectivity index (χ0n) is 22.3. The highest BCUT2D eigenvalue weighted by molar-refractivity contribution is 6.09. The van der Waals surface area contributed by atoms with E-state index in [4.69, 9.17) is 4.74 Å². The van der Waals surface area contributed by atoms with Gasteiger partial charge in [-0.1, -0.05) is 60.7 Å². The van der Waals surface area contributed by atoms with Crippen molar-refractivity contribution in [3.63, 3.8) is 0 Å². The SMILES string of the molecule is CCN(C[C@H]1N[C@@](Cc2ccccc2)(C(=O)OC)[C@H]2C(=O)N(Cc3ccccc3)C(=O)[C@@H]12)C(=O)NC(C)C. The van der Waals surface area contributed by atoms with Crippen molar-refractivity contribution in [1.82, 2.24) is 20.4 Å². The van der Waals surface area contributed by atoms with E-state index in [-0.39, 0.29) is 37.5 Å². The number of methoxy groups -OCH3 is 1. The lowest BCUT2D eigenvalue weighted by atomic mass is 9.76. The van der Waals surface area contributed by atoms with Crippen molar-refractivity contribution in [2.75, 3.05) is 20.2 Å². The number of hydrogen-bond acceptors (Lipinski definition) is 6. The van der Waals surface area contributed by atoms with Crippen LogP contribution in [0, 0.1) is 11.8 Å². The molecule has 9 heteroatoms. The van der Waals surface area contributed by atoms with Gasteiger partial charge >= 0.3 is 12.0 Å². The van der Waals surface area contributed by atoms with E-state index in [0.717, 1.165) is 11.1 Å². The van der Waals surface area contributed by atoms with Crippen molar-refractivity contribution in [2.24, 2.45) is 11.8 Å². The first kappa shape index (κ1) is 27.3. The summed E-state index contributed by atoms with van der Waals surface area (Å²) in [5.74, 6) is -3.15. The maximum absolute atomic E-state index is 14.0. The van der Waals surface area contributed by atoms with Gasteiger partial charge in [-0.05, 0) is 31.9 Å². The van der Waals surface area contributed by atoms with Crippen LogP contribution in [-0.4, -0.2) is 71.4 Å². The molecule has 0 radical (unpaired) electrons. The smallest absolute Gasteiger partial charge is 0.327 e. The molecule has 2 fully saturated rings. The van der Waals surface area contributed by atoms with E-state index in [1.807, 2.05) is 81.4 Å². The second-order valence-electron chi connectivity index (χ2n) is 10.3. The van der Waals surface area contributed by atoms with Crippen LogP contribution in [0.4, 0.5) is 4.79 Å². The first-order valence-corrected chi connectivity index (χ1v) is 13.1. The molecule has 0 aromatic heterocycles. The summed E-state index contributed by atoms with van der Waals surface area (Å²) in [6.07, 6.45) is 0.167. The Balaban J connectivity index is 1.75. The van der Waals surface area contributed by atoms with Crippen molar-refractivity contribution in [2.45, 2.75) is 51.4 Å². The Hall–Kier alpha value is -3.72. The van der Waals surface area contributed by atoms with Crippen molar-refractivity contribution >= 4 is 23.8 Å². The topological polar surface area (TPSA) is 108 Å². The summed E-state index contributed by atoms with van der Waals surface area (Å²) in [4.78, 5) is 57.1. The van der Waals surface area contributed by atoms with Crippen LogP contribution in [0.1, 0.15) is 31.9 Å². The van der Waals surface area contributed by atoms with Gasteiger partial charge in [-0.25, -0.2) is 4.79 Å².